The Hall–Kier alpha value is -0.680. The third-order valence-corrected chi connectivity index (χ3v) is 4.63. The Labute approximate surface area is 113 Å². The lowest BCUT2D eigenvalue weighted by molar-refractivity contribution is 0.177. The topological polar surface area (TPSA) is 41.0 Å². The number of piperidine rings is 1. The molecule has 2 heterocycles. The molecule has 0 aromatic carbocycles. The largest absolute Gasteiger partial charge is 0.357 e. The standard InChI is InChI=1S/C13H22N4S/c1-9(2)17-7-5-11(6-8-17)14-13-15-12(16-18-13)10-3-4-10/h9-11H,3-8H2,1-2H3,(H,14,15,16). The van der Waals surface area contributed by atoms with Crippen LogP contribution in [0.4, 0.5) is 5.13 Å². The summed E-state index contributed by atoms with van der Waals surface area (Å²) >= 11 is 1.53. The van der Waals surface area contributed by atoms with E-state index in [0.29, 0.717) is 18.0 Å². The Bertz CT molecular complexity index is 391. The Morgan fingerprint density at radius 2 is 1.94 bits per heavy atom. The lowest BCUT2D eigenvalue weighted by Gasteiger charge is -2.34. The van der Waals surface area contributed by atoms with Gasteiger partial charge in [-0.2, -0.15) is 4.37 Å². The molecule has 1 aliphatic heterocycles. The summed E-state index contributed by atoms with van der Waals surface area (Å²) in [5.74, 6) is 1.74. The molecule has 0 radical (unpaired) electrons. The van der Waals surface area contributed by atoms with Gasteiger partial charge in [0.1, 0.15) is 5.82 Å². The van der Waals surface area contributed by atoms with Crippen molar-refractivity contribution in [2.75, 3.05) is 18.4 Å². The van der Waals surface area contributed by atoms with E-state index in [2.05, 4.69) is 33.4 Å². The highest BCUT2D eigenvalue weighted by Crippen LogP contribution is 2.39. The van der Waals surface area contributed by atoms with Gasteiger partial charge in [-0.25, -0.2) is 4.98 Å². The molecule has 2 aliphatic rings. The highest BCUT2D eigenvalue weighted by molar-refractivity contribution is 7.09. The number of aromatic nitrogens is 2. The number of likely N-dealkylation sites (tertiary alicyclic amines) is 1. The van der Waals surface area contributed by atoms with Gasteiger partial charge in [-0.1, -0.05) is 0 Å². The molecular formula is C13H22N4S. The zero-order valence-electron chi connectivity index (χ0n) is 11.2. The van der Waals surface area contributed by atoms with Gasteiger partial charge in [-0.15, -0.1) is 0 Å². The number of anilines is 1. The van der Waals surface area contributed by atoms with Crippen LogP contribution in [0.5, 0.6) is 0 Å². The number of hydrogen-bond acceptors (Lipinski definition) is 5. The molecule has 5 heteroatoms. The van der Waals surface area contributed by atoms with E-state index in [4.69, 9.17) is 0 Å². The Morgan fingerprint density at radius 1 is 1.22 bits per heavy atom. The maximum Gasteiger partial charge on any atom is 0.202 e. The maximum absolute atomic E-state index is 4.60. The summed E-state index contributed by atoms with van der Waals surface area (Å²) in [7, 11) is 0. The summed E-state index contributed by atoms with van der Waals surface area (Å²) in [5, 5.41) is 4.59. The Balaban J connectivity index is 1.50. The lowest BCUT2D eigenvalue weighted by atomic mass is 10.0. The van der Waals surface area contributed by atoms with Gasteiger partial charge in [0.2, 0.25) is 5.13 Å². The molecule has 0 bridgehead atoms. The lowest BCUT2D eigenvalue weighted by Crippen LogP contribution is -2.42. The van der Waals surface area contributed by atoms with Crippen molar-refractivity contribution in [1.29, 1.82) is 0 Å². The van der Waals surface area contributed by atoms with E-state index in [1.54, 1.807) is 0 Å². The SMILES string of the molecule is CC(C)N1CCC(Nc2nc(C3CC3)ns2)CC1. The van der Waals surface area contributed by atoms with Gasteiger partial charge in [0, 0.05) is 42.6 Å². The molecule has 1 aromatic heterocycles. The van der Waals surface area contributed by atoms with E-state index in [-0.39, 0.29) is 0 Å². The first kappa shape index (κ1) is 12.4. The van der Waals surface area contributed by atoms with Gasteiger partial charge < -0.3 is 10.2 Å². The second kappa shape index (κ2) is 5.13. The molecule has 18 heavy (non-hydrogen) atoms. The van der Waals surface area contributed by atoms with Crippen molar-refractivity contribution in [1.82, 2.24) is 14.3 Å². The number of nitrogens with one attached hydrogen (secondary N) is 1. The predicted octanol–water partition coefficient (Wildman–Crippen LogP) is 2.70. The number of hydrogen-bond donors (Lipinski definition) is 1. The third-order valence-electron chi connectivity index (χ3n) is 3.97. The fourth-order valence-corrected chi connectivity index (χ4v) is 3.26. The minimum Gasteiger partial charge on any atom is -0.357 e. The molecule has 1 aromatic rings. The van der Waals surface area contributed by atoms with Crippen LogP contribution < -0.4 is 5.32 Å². The molecule has 0 amide bonds. The predicted molar refractivity (Wildman–Crippen MR) is 75.2 cm³/mol. The zero-order valence-corrected chi connectivity index (χ0v) is 12.0. The van der Waals surface area contributed by atoms with Crippen molar-refractivity contribution in [3.63, 3.8) is 0 Å². The first-order valence-electron chi connectivity index (χ1n) is 7.06. The van der Waals surface area contributed by atoms with Crippen LogP contribution in [0.2, 0.25) is 0 Å². The molecule has 0 unspecified atom stereocenters. The maximum atomic E-state index is 4.60. The first-order chi connectivity index (χ1) is 8.72. The minimum atomic E-state index is 0.583. The summed E-state index contributed by atoms with van der Waals surface area (Å²) in [6.45, 7) is 6.95. The summed E-state index contributed by atoms with van der Waals surface area (Å²) < 4.78 is 4.44. The highest BCUT2D eigenvalue weighted by Gasteiger charge is 2.28. The van der Waals surface area contributed by atoms with Crippen molar-refractivity contribution in [3.05, 3.63) is 5.82 Å². The van der Waals surface area contributed by atoms with Gasteiger partial charge in [0.05, 0.1) is 0 Å². The van der Waals surface area contributed by atoms with Crippen LogP contribution in [0.3, 0.4) is 0 Å². The normalized spacial score (nSPS) is 22.6. The second-order valence-electron chi connectivity index (χ2n) is 5.78. The average Bonchev–Trinajstić information content (AvgIpc) is 3.11. The minimum absolute atomic E-state index is 0.583. The number of nitrogens with zero attached hydrogens (tertiary/aromatic N) is 3. The first-order valence-corrected chi connectivity index (χ1v) is 7.84. The van der Waals surface area contributed by atoms with Crippen LogP contribution in [-0.2, 0) is 0 Å². The summed E-state index contributed by atoms with van der Waals surface area (Å²) in [6.07, 6.45) is 5.00. The van der Waals surface area contributed by atoms with Gasteiger partial charge >= 0.3 is 0 Å². The molecule has 1 aliphatic carbocycles. The number of rotatable bonds is 4. The van der Waals surface area contributed by atoms with E-state index in [0.717, 1.165) is 11.0 Å². The van der Waals surface area contributed by atoms with Crippen molar-refractivity contribution in [2.45, 2.75) is 57.5 Å². The van der Waals surface area contributed by atoms with E-state index in [1.165, 1.54) is 50.3 Å². The van der Waals surface area contributed by atoms with Crippen LogP contribution >= 0.6 is 11.5 Å². The van der Waals surface area contributed by atoms with E-state index in [9.17, 15) is 0 Å². The molecule has 1 N–H and O–H groups in total. The second-order valence-corrected chi connectivity index (χ2v) is 6.53. The smallest absolute Gasteiger partial charge is 0.202 e. The van der Waals surface area contributed by atoms with Gasteiger partial charge in [0.25, 0.3) is 0 Å². The van der Waals surface area contributed by atoms with Crippen LogP contribution in [0.25, 0.3) is 0 Å². The van der Waals surface area contributed by atoms with E-state index >= 15 is 0 Å². The van der Waals surface area contributed by atoms with Crippen molar-refractivity contribution in [3.8, 4) is 0 Å². The molecule has 3 rings (SSSR count). The van der Waals surface area contributed by atoms with Crippen molar-refractivity contribution in [2.24, 2.45) is 0 Å². The van der Waals surface area contributed by atoms with Gasteiger partial charge in [0.15, 0.2) is 0 Å². The third kappa shape index (κ3) is 2.83. The molecule has 4 nitrogen and oxygen atoms in total. The zero-order chi connectivity index (χ0) is 12.5. The average molecular weight is 266 g/mol. The van der Waals surface area contributed by atoms with Crippen LogP contribution in [0.1, 0.15) is 51.3 Å². The summed E-state index contributed by atoms with van der Waals surface area (Å²) in [6, 6.07) is 1.26. The summed E-state index contributed by atoms with van der Waals surface area (Å²) in [4.78, 5) is 7.15. The quantitative estimate of drug-likeness (QED) is 0.909. The molecule has 1 saturated heterocycles. The van der Waals surface area contributed by atoms with Crippen LogP contribution in [0.15, 0.2) is 0 Å². The van der Waals surface area contributed by atoms with Crippen LogP contribution in [0, 0.1) is 0 Å². The Kier molecular flexibility index (Phi) is 3.52. The van der Waals surface area contributed by atoms with Gasteiger partial charge in [-0.05, 0) is 39.5 Å². The molecule has 100 valence electrons. The molecule has 0 atom stereocenters. The van der Waals surface area contributed by atoms with Crippen molar-refractivity contribution >= 4 is 16.7 Å². The fourth-order valence-electron chi connectivity index (χ4n) is 2.54. The summed E-state index contributed by atoms with van der Waals surface area (Å²) in [5.41, 5.74) is 0. The molecule has 0 spiro atoms. The molecular weight excluding hydrogens is 244 g/mol. The van der Waals surface area contributed by atoms with E-state index < -0.39 is 0 Å². The van der Waals surface area contributed by atoms with Crippen molar-refractivity contribution < 1.29 is 0 Å². The van der Waals surface area contributed by atoms with Crippen LogP contribution in [-0.4, -0.2) is 39.4 Å². The van der Waals surface area contributed by atoms with Gasteiger partial charge in [-0.3, -0.25) is 0 Å². The molecule has 2 fully saturated rings. The van der Waals surface area contributed by atoms with E-state index in [1.807, 2.05) is 0 Å². The molecule has 1 saturated carbocycles. The highest BCUT2D eigenvalue weighted by atomic mass is 32.1. The fraction of sp³-hybridized carbons (Fsp3) is 0.846. The Morgan fingerprint density at radius 3 is 2.56 bits per heavy atom. The monoisotopic (exact) mass is 266 g/mol.